The molecule has 0 aromatic carbocycles. The second-order valence-electron chi connectivity index (χ2n) is 9.57. The van der Waals surface area contributed by atoms with E-state index in [4.69, 9.17) is 18.9 Å². The fourth-order valence-electron chi connectivity index (χ4n) is 3.79. The van der Waals surface area contributed by atoms with Gasteiger partial charge in [0.25, 0.3) is 0 Å². The van der Waals surface area contributed by atoms with Crippen LogP contribution in [0.25, 0.3) is 0 Å². The van der Waals surface area contributed by atoms with E-state index in [1.807, 2.05) is 19.9 Å². The third-order valence-electron chi connectivity index (χ3n) is 5.83. The summed E-state index contributed by atoms with van der Waals surface area (Å²) in [6, 6.07) is 0. The molecule has 4 atom stereocenters. The van der Waals surface area contributed by atoms with Crippen molar-refractivity contribution in [1.82, 2.24) is 0 Å². The molecular formula is C28H50O6. The lowest BCUT2D eigenvalue weighted by Gasteiger charge is -2.27. The number of hydrogen-bond acceptors (Lipinski definition) is 6. The maximum Gasteiger partial charge on any atom is 0.302 e. The first-order chi connectivity index (χ1) is 16.0. The van der Waals surface area contributed by atoms with E-state index in [1.165, 1.54) is 32.3 Å². The molecule has 0 aromatic heterocycles. The van der Waals surface area contributed by atoms with Crippen LogP contribution in [-0.2, 0) is 28.5 Å². The molecule has 0 radical (unpaired) electrons. The average molecular weight is 483 g/mol. The highest BCUT2D eigenvalue weighted by Crippen LogP contribution is 2.24. The maximum absolute atomic E-state index is 11.1. The van der Waals surface area contributed by atoms with Crippen LogP contribution in [0.4, 0.5) is 0 Å². The molecule has 0 aromatic rings. The molecule has 0 bridgehead atoms. The standard InChI is InChI=1S/C28H50O6/c1-9-31-26(8)34-28(17-16-21(2)3)23(5)14-10-12-22(4)13-11-15-27(20-33-25(7)30)18-19-32-24(6)29/h16,18,22-23,26,28H,9-15,17,19-20H2,1-8H3/b27-18-. The first kappa shape index (κ1) is 32.3. The Bertz CT molecular complexity index is 620. The topological polar surface area (TPSA) is 71.1 Å². The van der Waals surface area contributed by atoms with E-state index in [1.54, 1.807) is 0 Å². The van der Waals surface area contributed by atoms with Crippen molar-refractivity contribution in [3.05, 3.63) is 23.3 Å². The number of carbonyl (C=O) groups is 2. The highest BCUT2D eigenvalue weighted by Gasteiger charge is 2.20. The minimum atomic E-state index is -0.313. The summed E-state index contributed by atoms with van der Waals surface area (Å²) in [5.41, 5.74) is 2.31. The fourth-order valence-corrected chi connectivity index (χ4v) is 3.79. The minimum absolute atomic E-state index is 0.165. The number of carbonyl (C=O) groups excluding carboxylic acids is 2. The molecule has 0 N–H and O–H groups in total. The van der Waals surface area contributed by atoms with Crippen molar-refractivity contribution < 1.29 is 28.5 Å². The number of esters is 2. The lowest BCUT2D eigenvalue weighted by Crippen LogP contribution is -2.28. The highest BCUT2D eigenvalue weighted by atomic mass is 16.7. The maximum atomic E-state index is 11.1. The average Bonchev–Trinajstić information content (AvgIpc) is 2.74. The molecule has 0 saturated heterocycles. The predicted molar refractivity (Wildman–Crippen MR) is 137 cm³/mol. The van der Waals surface area contributed by atoms with Crippen LogP contribution in [0.1, 0.15) is 100 Å². The Morgan fingerprint density at radius 2 is 1.50 bits per heavy atom. The lowest BCUT2D eigenvalue weighted by molar-refractivity contribution is -0.168. The van der Waals surface area contributed by atoms with E-state index in [2.05, 4.69) is 33.8 Å². The van der Waals surface area contributed by atoms with E-state index >= 15 is 0 Å². The Hall–Kier alpha value is -1.66. The van der Waals surface area contributed by atoms with E-state index in [0.717, 1.165) is 37.7 Å². The van der Waals surface area contributed by atoms with Crippen LogP contribution in [0.2, 0.25) is 0 Å². The first-order valence-electron chi connectivity index (χ1n) is 12.9. The molecule has 198 valence electrons. The van der Waals surface area contributed by atoms with E-state index in [-0.39, 0.29) is 37.5 Å². The zero-order valence-corrected chi connectivity index (χ0v) is 23.0. The summed E-state index contributed by atoms with van der Waals surface area (Å²) in [6.45, 7) is 16.7. The van der Waals surface area contributed by atoms with E-state index in [9.17, 15) is 9.59 Å². The van der Waals surface area contributed by atoms with Crippen LogP contribution < -0.4 is 0 Å². The second-order valence-corrected chi connectivity index (χ2v) is 9.57. The Morgan fingerprint density at radius 3 is 2.09 bits per heavy atom. The molecule has 0 saturated carbocycles. The Balaban J connectivity index is 4.50. The van der Waals surface area contributed by atoms with Gasteiger partial charge in [-0.2, -0.15) is 0 Å². The van der Waals surface area contributed by atoms with Gasteiger partial charge >= 0.3 is 11.9 Å². The Kier molecular flexibility index (Phi) is 18.7. The van der Waals surface area contributed by atoms with Gasteiger partial charge in [-0.25, -0.2) is 0 Å². The van der Waals surface area contributed by atoms with Crippen molar-refractivity contribution in [1.29, 1.82) is 0 Å². The van der Waals surface area contributed by atoms with Gasteiger partial charge in [0, 0.05) is 20.5 Å². The summed E-state index contributed by atoms with van der Waals surface area (Å²) >= 11 is 0. The van der Waals surface area contributed by atoms with Crippen molar-refractivity contribution in [2.24, 2.45) is 11.8 Å². The van der Waals surface area contributed by atoms with Crippen molar-refractivity contribution in [2.45, 2.75) is 113 Å². The predicted octanol–water partition coefficient (Wildman–Crippen LogP) is 6.78. The largest absolute Gasteiger partial charge is 0.462 e. The van der Waals surface area contributed by atoms with Crippen LogP contribution in [0.5, 0.6) is 0 Å². The third-order valence-corrected chi connectivity index (χ3v) is 5.83. The van der Waals surface area contributed by atoms with Crippen molar-refractivity contribution >= 4 is 11.9 Å². The number of rotatable bonds is 19. The van der Waals surface area contributed by atoms with E-state index in [0.29, 0.717) is 18.4 Å². The summed E-state index contributed by atoms with van der Waals surface area (Å²) in [7, 11) is 0. The van der Waals surface area contributed by atoms with Gasteiger partial charge in [-0.1, -0.05) is 44.8 Å². The van der Waals surface area contributed by atoms with Gasteiger partial charge in [-0.15, -0.1) is 0 Å². The van der Waals surface area contributed by atoms with Gasteiger partial charge < -0.3 is 18.9 Å². The zero-order chi connectivity index (χ0) is 25.9. The molecule has 0 aliphatic carbocycles. The SMILES string of the molecule is CCOC(C)OC(CC=C(C)C)C(C)CCCC(C)CCC/C(=C/COC(C)=O)COC(C)=O. The number of allylic oxidation sites excluding steroid dienone is 1. The van der Waals surface area contributed by atoms with Crippen molar-refractivity contribution in [3.63, 3.8) is 0 Å². The molecule has 6 heteroatoms. The molecule has 0 fully saturated rings. The normalized spacial score (nSPS) is 15.2. The molecule has 0 aliphatic rings. The van der Waals surface area contributed by atoms with Crippen LogP contribution in [0.3, 0.4) is 0 Å². The fraction of sp³-hybridized carbons (Fsp3) is 0.786. The van der Waals surface area contributed by atoms with Gasteiger partial charge in [0.05, 0.1) is 6.10 Å². The Labute approximate surface area is 208 Å². The summed E-state index contributed by atoms with van der Waals surface area (Å²) in [4.78, 5) is 22.1. The van der Waals surface area contributed by atoms with Gasteiger partial charge in [0.2, 0.25) is 0 Å². The molecule has 6 nitrogen and oxygen atoms in total. The third kappa shape index (κ3) is 18.7. The van der Waals surface area contributed by atoms with Crippen LogP contribution in [0.15, 0.2) is 23.3 Å². The molecule has 34 heavy (non-hydrogen) atoms. The molecule has 0 aliphatic heterocycles. The summed E-state index contributed by atoms with van der Waals surface area (Å²) < 4.78 is 21.9. The summed E-state index contributed by atoms with van der Waals surface area (Å²) in [6.07, 6.45) is 11.4. The number of hydrogen-bond donors (Lipinski definition) is 0. The molecule has 4 unspecified atom stereocenters. The molecule has 0 heterocycles. The van der Waals surface area contributed by atoms with Crippen LogP contribution in [0, 0.1) is 11.8 Å². The van der Waals surface area contributed by atoms with Gasteiger partial charge in [-0.3, -0.25) is 9.59 Å². The van der Waals surface area contributed by atoms with Crippen molar-refractivity contribution in [2.75, 3.05) is 19.8 Å². The molecule has 0 rings (SSSR count). The molecule has 0 spiro atoms. The van der Waals surface area contributed by atoms with E-state index < -0.39 is 0 Å². The smallest absolute Gasteiger partial charge is 0.302 e. The monoisotopic (exact) mass is 482 g/mol. The minimum Gasteiger partial charge on any atom is -0.462 e. The van der Waals surface area contributed by atoms with Crippen molar-refractivity contribution in [3.8, 4) is 0 Å². The zero-order valence-electron chi connectivity index (χ0n) is 23.0. The summed E-state index contributed by atoms with van der Waals surface area (Å²) in [5.74, 6) is 0.468. The molecular weight excluding hydrogens is 432 g/mol. The number of ether oxygens (including phenoxy) is 4. The Morgan fingerprint density at radius 1 is 0.853 bits per heavy atom. The molecule has 0 amide bonds. The summed E-state index contributed by atoms with van der Waals surface area (Å²) in [5, 5.41) is 0. The quantitative estimate of drug-likeness (QED) is 0.115. The van der Waals surface area contributed by atoms with Crippen LogP contribution in [-0.4, -0.2) is 44.2 Å². The van der Waals surface area contributed by atoms with Gasteiger partial charge in [-0.05, 0) is 76.9 Å². The first-order valence-corrected chi connectivity index (χ1v) is 12.9. The van der Waals surface area contributed by atoms with Crippen LogP contribution >= 0.6 is 0 Å². The van der Waals surface area contributed by atoms with Gasteiger partial charge in [0.15, 0.2) is 6.29 Å². The lowest BCUT2D eigenvalue weighted by atomic mass is 9.91. The second kappa shape index (κ2) is 19.6. The van der Waals surface area contributed by atoms with Gasteiger partial charge in [0.1, 0.15) is 13.2 Å². The highest BCUT2D eigenvalue weighted by molar-refractivity contribution is 5.66.